The zero-order chi connectivity index (χ0) is 27.8. The van der Waals surface area contributed by atoms with Crippen molar-refractivity contribution < 1.29 is 46.1 Å². The molecule has 208 valence electrons. The van der Waals surface area contributed by atoms with Crippen molar-refractivity contribution in [3.8, 4) is 11.5 Å². The highest BCUT2D eigenvalue weighted by molar-refractivity contribution is 5.78. The number of halogens is 5. The van der Waals surface area contributed by atoms with E-state index in [1.807, 2.05) is 0 Å². The van der Waals surface area contributed by atoms with E-state index in [0.29, 0.717) is 30.7 Å². The number of ether oxygens (including phenoxy) is 2. The third-order valence-electron chi connectivity index (χ3n) is 6.17. The summed E-state index contributed by atoms with van der Waals surface area (Å²) in [6.07, 6.45) is -1.89. The van der Waals surface area contributed by atoms with Crippen LogP contribution >= 0.6 is 0 Å². The summed E-state index contributed by atoms with van der Waals surface area (Å²) in [5.41, 5.74) is -2.21. The molecule has 0 saturated heterocycles. The molecule has 3 N–H and O–H groups in total. The molecule has 0 spiro atoms. The molecular weight excluding hydrogens is 515 g/mol. The van der Waals surface area contributed by atoms with Gasteiger partial charge in [-0.25, -0.2) is 8.78 Å². The summed E-state index contributed by atoms with van der Waals surface area (Å²) in [5, 5.41) is 15.9. The van der Waals surface area contributed by atoms with Crippen molar-refractivity contribution in [1.82, 2.24) is 10.6 Å². The summed E-state index contributed by atoms with van der Waals surface area (Å²) in [5.74, 6) is -2.99. The molecule has 7 nitrogen and oxygen atoms in total. The second-order valence-electron chi connectivity index (χ2n) is 9.22. The second kappa shape index (κ2) is 12.9. The maximum atomic E-state index is 13.4. The summed E-state index contributed by atoms with van der Waals surface area (Å²) in [4.78, 5) is 24.7. The van der Waals surface area contributed by atoms with E-state index in [1.54, 1.807) is 0 Å². The van der Waals surface area contributed by atoms with Gasteiger partial charge in [-0.05, 0) is 61.7 Å². The average Bonchev–Trinajstić information content (AvgIpc) is 2.86. The van der Waals surface area contributed by atoms with E-state index in [9.17, 15) is 36.6 Å². The minimum Gasteiger partial charge on any atom is -0.484 e. The maximum Gasteiger partial charge on any atom is 0.419 e. The van der Waals surface area contributed by atoms with Crippen LogP contribution in [-0.4, -0.2) is 48.3 Å². The van der Waals surface area contributed by atoms with Crippen LogP contribution in [0.25, 0.3) is 0 Å². The maximum absolute atomic E-state index is 13.4. The van der Waals surface area contributed by atoms with Gasteiger partial charge in [0, 0.05) is 12.1 Å². The van der Waals surface area contributed by atoms with Gasteiger partial charge in [-0.2, -0.15) is 13.2 Å². The molecule has 0 aromatic heterocycles. The van der Waals surface area contributed by atoms with Gasteiger partial charge in [0.1, 0.15) is 23.1 Å². The molecule has 38 heavy (non-hydrogen) atoms. The molecule has 0 aliphatic heterocycles. The zero-order valence-corrected chi connectivity index (χ0v) is 20.5. The minimum atomic E-state index is -4.91. The molecule has 0 heterocycles. The smallest absolute Gasteiger partial charge is 0.419 e. The standard InChI is InChI=1S/C26H29F5N2O5/c27-17-4-6-19(7-5-17)37-16-24(36)33-25(10-2-1-3-11-25)13-18(34)14-32-23(35)15-38-20-8-9-22(28)21(12-20)26(29,30)31/h4-9,12,18,34H,1-3,10-11,13-16H2,(H,32,35)(H,33,36)/t18-/m0/s1. The van der Waals surface area contributed by atoms with Gasteiger partial charge in [0.2, 0.25) is 0 Å². The van der Waals surface area contributed by atoms with E-state index in [0.717, 1.165) is 25.3 Å². The molecule has 1 fully saturated rings. The van der Waals surface area contributed by atoms with Crippen LogP contribution in [0.1, 0.15) is 44.1 Å². The van der Waals surface area contributed by atoms with Crippen LogP contribution in [-0.2, 0) is 15.8 Å². The Hall–Kier alpha value is -3.41. The van der Waals surface area contributed by atoms with Gasteiger partial charge in [0.25, 0.3) is 11.8 Å². The van der Waals surface area contributed by atoms with Gasteiger partial charge in [-0.15, -0.1) is 0 Å². The lowest BCUT2D eigenvalue weighted by Gasteiger charge is -2.39. The lowest BCUT2D eigenvalue weighted by Crippen LogP contribution is -2.54. The Morgan fingerprint density at radius 3 is 2.18 bits per heavy atom. The van der Waals surface area contributed by atoms with Crippen LogP contribution in [0.15, 0.2) is 42.5 Å². The highest BCUT2D eigenvalue weighted by atomic mass is 19.4. The number of nitrogens with one attached hydrogen (secondary N) is 2. The minimum absolute atomic E-state index is 0.156. The van der Waals surface area contributed by atoms with Gasteiger partial charge >= 0.3 is 6.18 Å². The summed E-state index contributed by atoms with van der Waals surface area (Å²) in [6, 6.07) is 7.27. The number of amides is 2. The molecule has 1 atom stereocenters. The fourth-order valence-electron chi connectivity index (χ4n) is 4.39. The molecule has 1 aliphatic carbocycles. The lowest BCUT2D eigenvalue weighted by molar-refractivity contribution is -0.140. The summed E-state index contributed by atoms with van der Waals surface area (Å²) >= 11 is 0. The normalized spacial score (nSPS) is 15.8. The Balaban J connectivity index is 1.47. The first-order valence-corrected chi connectivity index (χ1v) is 12.1. The molecule has 0 bridgehead atoms. The Bertz CT molecular complexity index is 1090. The number of rotatable bonds is 11. The number of aliphatic hydroxyl groups is 1. The number of hydrogen-bond donors (Lipinski definition) is 3. The largest absolute Gasteiger partial charge is 0.484 e. The Morgan fingerprint density at radius 2 is 1.53 bits per heavy atom. The molecule has 3 rings (SSSR count). The molecule has 0 radical (unpaired) electrons. The van der Waals surface area contributed by atoms with Gasteiger partial charge in [-0.1, -0.05) is 19.3 Å². The van der Waals surface area contributed by atoms with Crippen LogP contribution in [0.5, 0.6) is 11.5 Å². The number of carbonyl (C=O) groups is 2. The van der Waals surface area contributed by atoms with Crippen molar-refractivity contribution in [2.75, 3.05) is 19.8 Å². The monoisotopic (exact) mass is 544 g/mol. The number of aliphatic hydroxyl groups excluding tert-OH is 1. The molecule has 1 saturated carbocycles. The Kier molecular flexibility index (Phi) is 9.90. The fourth-order valence-corrected chi connectivity index (χ4v) is 4.39. The predicted octanol–water partition coefficient (Wildman–Crippen LogP) is 4.13. The van der Waals surface area contributed by atoms with Crippen LogP contribution in [0.4, 0.5) is 22.0 Å². The van der Waals surface area contributed by atoms with E-state index >= 15 is 0 Å². The van der Waals surface area contributed by atoms with E-state index in [-0.39, 0.29) is 25.3 Å². The zero-order valence-electron chi connectivity index (χ0n) is 20.5. The third-order valence-corrected chi connectivity index (χ3v) is 6.17. The van der Waals surface area contributed by atoms with Crippen molar-refractivity contribution in [3.63, 3.8) is 0 Å². The van der Waals surface area contributed by atoms with Crippen molar-refractivity contribution >= 4 is 11.8 Å². The number of alkyl halides is 3. The molecule has 12 heteroatoms. The van der Waals surface area contributed by atoms with Crippen LogP contribution in [0.2, 0.25) is 0 Å². The Morgan fingerprint density at radius 1 is 0.921 bits per heavy atom. The molecule has 2 amide bonds. The topological polar surface area (TPSA) is 96.9 Å². The van der Waals surface area contributed by atoms with Gasteiger partial charge in [0.05, 0.1) is 11.7 Å². The molecule has 1 aliphatic rings. The quantitative estimate of drug-likeness (QED) is 0.370. The number of hydrogen-bond acceptors (Lipinski definition) is 5. The lowest BCUT2D eigenvalue weighted by atomic mass is 9.77. The van der Waals surface area contributed by atoms with E-state index in [4.69, 9.17) is 9.47 Å². The van der Waals surface area contributed by atoms with Crippen molar-refractivity contribution in [2.24, 2.45) is 0 Å². The fraction of sp³-hybridized carbons (Fsp3) is 0.462. The molecular formula is C26H29F5N2O5. The third kappa shape index (κ3) is 8.86. The highest BCUT2D eigenvalue weighted by Gasteiger charge is 2.36. The highest BCUT2D eigenvalue weighted by Crippen LogP contribution is 2.34. The van der Waals surface area contributed by atoms with Gasteiger partial charge in [0.15, 0.2) is 13.2 Å². The Labute approximate surface area is 216 Å². The summed E-state index contributed by atoms with van der Waals surface area (Å²) in [7, 11) is 0. The van der Waals surface area contributed by atoms with E-state index in [2.05, 4.69) is 10.6 Å². The van der Waals surface area contributed by atoms with Gasteiger partial charge in [-0.3, -0.25) is 9.59 Å². The average molecular weight is 545 g/mol. The number of benzene rings is 2. The molecule has 2 aromatic rings. The van der Waals surface area contributed by atoms with Crippen molar-refractivity contribution in [1.29, 1.82) is 0 Å². The number of carbonyl (C=O) groups excluding carboxylic acids is 2. The van der Waals surface area contributed by atoms with Crippen molar-refractivity contribution in [3.05, 3.63) is 59.7 Å². The summed E-state index contributed by atoms with van der Waals surface area (Å²) in [6.45, 7) is -1.11. The first-order chi connectivity index (χ1) is 18.0. The van der Waals surface area contributed by atoms with Crippen molar-refractivity contribution in [2.45, 2.75) is 56.3 Å². The van der Waals surface area contributed by atoms with Crippen LogP contribution in [0, 0.1) is 11.6 Å². The summed E-state index contributed by atoms with van der Waals surface area (Å²) < 4.78 is 75.3. The van der Waals surface area contributed by atoms with Crippen LogP contribution in [0.3, 0.4) is 0 Å². The second-order valence-corrected chi connectivity index (χ2v) is 9.22. The van der Waals surface area contributed by atoms with E-state index < -0.39 is 53.4 Å². The molecule has 0 unspecified atom stereocenters. The first kappa shape index (κ1) is 29.2. The van der Waals surface area contributed by atoms with Crippen LogP contribution < -0.4 is 20.1 Å². The van der Waals surface area contributed by atoms with Gasteiger partial charge < -0.3 is 25.2 Å². The van der Waals surface area contributed by atoms with E-state index in [1.165, 1.54) is 24.3 Å². The first-order valence-electron chi connectivity index (χ1n) is 12.1. The predicted molar refractivity (Wildman–Crippen MR) is 126 cm³/mol. The SMILES string of the molecule is O=C(COc1ccc(F)c(C(F)(F)F)c1)NC[C@@H](O)CC1(NC(=O)COc2ccc(F)cc2)CCCCC1. The molecule has 2 aromatic carbocycles.